The van der Waals surface area contributed by atoms with Gasteiger partial charge in [-0.25, -0.2) is 0 Å². The molecule has 0 nitrogen and oxygen atoms in total. The molecule has 2 radical (unpaired) electrons. The van der Waals surface area contributed by atoms with E-state index in [1.807, 2.05) is 0 Å². The number of hydrogen-bond donors (Lipinski definition) is 0. The van der Waals surface area contributed by atoms with E-state index in [2.05, 4.69) is 32.6 Å². The quantitative estimate of drug-likeness (QED) is 0.135. The molecule has 0 fully saturated rings. The van der Waals surface area contributed by atoms with Crippen LogP contribution in [0.15, 0.2) is 0 Å². The molecule has 0 saturated heterocycles. The normalized spacial score (nSPS) is 12.0. The molecule has 28 heavy (non-hydrogen) atoms. The van der Waals surface area contributed by atoms with Crippen molar-refractivity contribution in [3.8, 4) is 11.8 Å². The number of unbranched alkanes of at least 4 members (excludes halogenated alkanes) is 15. The maximum Gasteiger partial charge on any atom is 0.00890 e. The van der Waals surface area contributed by atoms with Crippen molar-refractivity contribution in [3.05, 3.63) is 13.8 Å². The van der Waals surface area contributed by atoms with Crippen molar-refractivity contribution in [3.63, 3.8) is 0 Å². The largest absolute Gasteiger partial charge is 0.103 e. The van der Waals surface area contributed by atoms with E-state index < -0.39 is 0 Å². The molecule has 1 atom stereocenters. The van der Waals surface area contributed by atoms with Gasteiger partial charge in [0.25, 0.3) is 0 Å². The van der Waals surface area contributed by atoms with Crippen LogP contribution in [0, 0.1) is 31.6 Å². The monoisotopic (exact) mass is 388 g/mol. The highest BCUT2D eigenvalue weighted by Gasteiger charge is 2.07. The zero-order valence-electron chi connectivity index (χ0n) is 19.5. The first-order valence-corrected chi connectivity index (χ1v) is 12.9. The molecule has 0 aliphatic rings. The van der Waals surface area contributed by atoms with Crippen LogP contribution in [-0.2, 0) is 0 Å². The second-order valence-corrected chi connectivity index (χ2v) is 8.74. The van der Waals surface area contributed by atoms with Crippen LogP contribution < -0.4 is 0 Å². The molecule has 0 aromatic carbocycles. The topological polar surface area (TPSA) is 0 Å². The molecule has 0 N–H and O–H groups in total. The fourth-order valence-corrected chi connectivity index (χ4v) is 4.22. The van der Waals surface area contributed by atoms with Gasteiger partial charge in [-0.3, -0.25) is 0 Å². The first-order chi connectivity index (χ1) is 13.8. The predicted molar refractivity (Wildman–Crippen MR) is 129 cm³/mol. The van der Waals surface area contributed by atoms with Crippen molar-refractivity contribution in [2.75, 3.05) is 0 Å². The Morgan fingerprint density at radius 2 is 1.00 bits per heavy atom. The van der Waals surface area contributed by atoms with Crippen LogP contribution in [0.25, 0.3) is 0 Å². The molecular weight excluding hydrogens is 336 g/mol. The van der Waals surface area contributed by atoms with Crippen LogP contribution in [0.5, 0.6) is 0 Å². The second kappa shape index (κ2) is 24.6. The fourth-order valence-electron chi connectivity index (χ4n) is 4.22. The molecule has 0 aromatic rings. The van der Waals surface area contributed by atoms with Crippen LogP contribution in [0.1, 0.15) is 148 Å². The lowest BCUT2D eigenvalue weighted by Gasteiger charge is -2.16. The summed E-state index contributed by atoms with van der Waals surface area (Å²) in [7, 11) is 0. The summed E-state index contributed by atoms with van der Waals surface area (Å²) in [5.41, 5.74) is 0. The molecule has 0 saturated carbocycles. The SMILES string of the molecule is [CH2]CC#CCCCCCCCC(CCC)CCCCCCCCCCCC[CH2]. The highest BCUT2D eigenvalue weighted by Crippen LogP contribution is 2.23. The number of rotatable bonds is 21. The molecule has 0 heterocycles. The van der Waals surface area contributed by atoms with Crippen LogP contribution >= 0.6 is 0 Å². The lowest BCUT2D eigenvalue weighted by Crippen LogP contribution is -2.00. The van der Waals surface area contributed by atoms with Gasteiger partial charge in [0.15, 0.2) is 0 Å². The molecule has 164 valence electrons. The zero-order valence-corrected chi connectivity index (χ0v) is 19.5. The van der Waals surface area contributed by atoms with Gasteiger partial charge in [-0.15, -0.1) is 11.8 Å². The van der Waals surface area contributed by atoms with Crippen LogP contribution in [0.4, 0.5) is 0 Å². The van der Waals surface area contributed by atoms with Crippen LogP contribution in [-0.4, -0.2) is 0 Å². The maximum atomic E-state index is 3.92. The Morgan fingerprint density at radius 1 is 0.536 bits per heavy atom. The molecule has 0 spiro atoms. The third kappa shape index (κ3) is 21.9. The summed E-state index contributed by atoms with van der Waals surface area (Å²) in [6.07, 6.45) is 30.0. The average molecular weight is 389 g/mol. The Labute approximate surface area is 180 Å². The summed E-state index contributed by atoms with van der Waals surface area (Å²) < 4.78 is 0. The van der Waals surface area contributed by atoms with Gasteiger partial charge in [0, 0.05) is 12.8 Å². The van der Waals surface area contributed by atoms with Crippen molar-refractivity contribution >= 4 is 0 Å². The molecule has 0 amide bonds. The summed E-state index contributed by atoms with van der Waals surface area (Å²) in [6.45, 7) is 10.0. The van der Waals surface area contributed by atoms with Gasteiger partial charge >= 0.3 is 0 Å². The molecule has 0 rings (SSSR count). The van der Waals surface area contributed by atoms with E-state index in [1.54, 1.807) is 0 Å². The Morgan fingerprint density at radius 3 is 1.46 bits per heavy atom. The third-order valence-electron chi connectivity index (χ3n) is 5.97. The highest BCUT2D eigenvalue weighted by molar-refractivity contribution is 4.98. The Hall–Kier alpha value is -0.440. The van der Waals surface area contributed by atoms with Gasteiger partial charge in [0.1, 0.15) is 0 Å². The first-order valence-electron chi connectivity index (χ1n) is 12.9. The third-order valence-corrected chi connectivity index (χ3v) is 5.97. The van der Waals surface area contributed by atoms with Crippen LogP contribution in [0.3, 0.4) is 0 Å². The zero-order chi connectivity index (χ0) is 20.5. The van der Waals surface area contributed by atoms with Gasteiger partial charge in [-0.1, -0.05) is 136 Å². The summed E-state index contributed by atoms with van der Waals surface area (Å²) in [5, 5.41) is 0. The van der Waals surface area contributed by atoms with Gasteiger partial charge in [-0.2, -0.15) is 0 Å². The van der Waals surface area contributed by atoms with Crippen LogP contribution in [0.2, 0.25) is 0 Å². The second-order valence-electron chi connectivity index (χ2n) is 8.74. The van der Waals surface area contributed by atoms with E-state index in [0.717, 1.165) is 25.2 Å². The minimum atomic E-state index is 0.760. The lowest BCUT2D eigenvalue weighted by molar-refractivity contribution is 0.377. The molecule has 0 aromatic heterocycles. The lowest BCUT2D eigenvalue weighted by atomic mass is 9.90. The smallest absolute Gasteiger partial charge is 0.00890 e. The molecule has 0 heteroatoms. The fraction of sp³-hybridized carbons (Fsp3) is 0.857. The summed E-state index contributed by atoms with van der Waals surface area (Å²) in [6, 6.07) is 0. The van der Waals surface area contributed by atoms with Gasteiger partial charge in [0.05, 0.1) is 0 Å². The van der Waals surface area contributed by atoms with E-state index in [-0.39, 0.29) is 0 Å². The van der Waals surface area contributed by atoms with E-state index in [0.29, 0.717) is 0 Å². The molecule has 1 unspecified atom stereocenters. The predicted octanol–water partition coefficient (Wildman–Crippen LogP) is 9.88. The summed E-state index contributed by atoms with van der Waals surface area (Å²) in [5.74, 6) is 7.27. The van der Waals surface area contributed by atoms with E-state index in [4.69, 9.17) is 0 Å². The standard InChI is InChI=1S/C28H52/c1-4-7-9-11-13-15-16-18-20-22-24-27-28(25-6-3)26-23-21-19-17-14-12-10-8-5-2/h28H,1-2,4-7,9,11-27H2,3H3. The van der Waals surface area contributed by atoms with Crippen molar-refractivity contribution in [2.45, 2.75) is 148 Å². The minimum Gasteiger partial charge on any atom is -0.103 e. The van der Waals surface area contributed by atoms with Crippen molar-refractivity contribution in [1.82, 2.24) is 0 Å². The van der Waals surface area contributed by atoms with Gasteiger partial charge in [-0.05, 0) is 19.3 Å². The summed E-state index contributed by atoms with van der Waals surface area (Å²) >= 11 is 0. The van der Waals surface area contributed by atoms with Gasteiger partial charge in [0.2, 0.25) is 0 Å². The van der Waals surface area contributed by atoms with Gasteiger partial charge < -0.3 is 0 Å². The van der Waals surface area contributed by atoms with Crippen molar-refractivity contribution in [2.24, 2.45) is 5.92 Å². The number of hydrogen-bond acceptors (Lipinski definition) is 0. The maximum absolute atomic E-state index is 3.92. The van der Waals surface area contributed by atoms with E-state index in [9.17, 15) is 0 Å². The molecule has 0 bridgehead atoms. The minimum absolute atomic E-state index is 0.760. The Kier molecular flexibility index (Phi) is 24.2. The highest BCUT2D eigenvalue weighted by atomic mass is 14.1. The summed E-state index contributed by atoms with van der Waals surface area (Å²) in [4.78, 5) is 0. The first kappa shape index (κ1) is 27.6. The average Bonchev–Trinajstić information content (AvgIpc) is 2.70. The molecular formula is C28H52. The van der Waals surface area contributed by atoms with E-state index >= 15 is 0 Å². The molecule has 0 aliphatic carbocycles. The molecule has 0 aliphatic heterocycles. The van der Waals surface area contributed by atoms with Crippen molar-refractivity contribution in [1.29, 1.82) is 0 Å². The Balaban J connectivity index is 3.45. The van der Waals surface area contributed by atoms with Crippen molar-refractivity contribution < 1.29 is 0 Å². The Bertz CT molecular complexity index is 332. The van der Waals surface area contributed by atoms with E-state index in [1.165, 1.54) is 122 Å².